The number of H-pyrrole nitrogens is 1. The first-order chi connectivity index (χ1) is 9.99. The third kappa shape index (κ3) is 3.47. The largest absolute Gasteiger partial charge is 0.348 e. The molecule has 0 aliphatic rings. The number of aromatic amines is 1. The zero-order valence-corrected chi connectivity index (χ0v) is 11.9. The molecule has 1 aromatic heterocycles. The molecule has 1 aromatic carbocycles. The second-order valence-electron chi connectivity index (χ2n) is 4.97. The van der Waals surface area contributed by atoms with Crippen molar-refractivity contribution in [3.63, 3.8) is 0 Å². The number of rotatable bonds is 4. The van der Waals surface area contributed by atoms with E-state index >= 15 is 0 Å². The number of aromatic nitrogens is 2. The van der Waals surface area contributed by atoms with Gasteiger partial charge in [-0.15, -0.1) is 0 Å². The van der Waals surface area contributed by atoms with Gasteiger partial charge in [-0.2, -0.15) is 0 Å². The lowest BCUT2D eigenvalue weighted by Crippen LogP contribution is -2.37. The Morgan fingerprint density at radius 1 is 1.24 bits per heavy atom. The molecule has 0 unspecified atom stereocenters. The summed E-state index contributed by atoms with van der Waals surface area (Å²) in [6.45, 7) is 3.91. The maximum Gasteiger partial charge on any atom is 0.328 e. The first-order valence-corrected chi connectivity index (χ1v) is 6.66. The minimum Gasteiger partial charge on any atom is -0.348 e. The van der Waals surface area contributed by atoms with Gasteiger partial charge in [-0.1, -0.05) is 30.3 Å². The standard InChI is InChI=1S/C15H17N3O3/c1-10(2)18-9-12(14(20)17-15(18)21)13(19)16-8-11-6-4-3-5-7-11/h3-7,9-10H,8H2,1-2H3,(H,16,19)(H,17,20,21). The summed E-state index contributed by atoms with van der Waals surface area (Å²) in [6, 6.07) is 9.23. The first-order valence-electron chi connectivity index (χ1n) is 6.66. The third-order valence-electron chi connectivity index (χ3n) is 3.06. The highest BCUT2D eigenvalue weighted by atomic mass is 16.2. The van der Waals surface area contributed by atoms with E-state index in [1.807, 2.05) is 30.3 Å². The molecule has 0 saturated heterocycles. The smallest absolute Gasteiger partial charge is 0.328 e. The summed E-state index contributed by atoms with van der Waals surface area (Å²) < 4.78 is 1.32. The maximum absolute atomic E-state index is 12.1. The van der Waals surface area contributed by atoms with E-state index in [0.717, 1.165) is 5.56 Å². The monoisotopic (exact) mass is 287 g/mol. The van der Waals surface area contributed by atoms with Crippen molar-refractivity contribution >= 4 is 5.91 Å². The van der Waals surface area contributed by atoms with Crippen LogP contribution in [0.25, 0.3) is 0 Å². The number of nitrogens with zero attached hydrogens (tertiary/aromatic N) is 1. The predicted molar refractivity (Wildman–Crippen MR) is 79.3 cm³/mol. The number of amides is 1. The summed E-state index contributed by atoms with van der Waals surface area (Å²) in [7, 11) is 0. The molecule has 0 radical (unpaired) electrons. The summed E-state index contributed by atoms with van der Waals surface area (Å²) in [4.78, 5) is 37.6. The number of hydrogen-bond acceptors (Lipinski definition) is 3. The van der Waals surface area contributed by atoms with E-state index in [1.54, 1.807) is 13.8 Å². The van der Waals surface area contributed by atoms with Crippen molar-refractivity contribution in [2.75, 3.05) is 0 Å². The molecule has 110 valence electrons. The molecule has 0 fully saturated rings. The van der Waals surface area contributed by atoms with E-state index in [1.165, 1.54) is 10.8 Å². The van der Waals surface area contributed by atoms with Gasteiger partial charge in [0.1, 0.15) is 5.56 Å². The predicted octanol–water partition coefficient (Wildman–Crippen LogP) is 1.05. The average molecular weight is 287 g/mol. The van der Waals surface area contributed by atoms with E-state index < -0.39 is 17.2 Å². The van der Waals surface area contributed by atoms with Crippen LogP contribution in [0.15, 0.2) is 46.1 Å². The van der Waals surface area contributed by atoms with Gasteiger partial charge in [0.2, 0.25) is 0 Å². The number of nitrogens with one attached hydrogen (secondary N) is 2. The highest BCUT2D eigenvalue weighted by Gasteiger charge is 2.14. The van der Waals surface area contributed by atoms with Crippen LogP contribution in [0.4, 0.5) is 0 Å². The Kier molecular flexibility index (Phi) is 4.37. The molecule has 1 heterocycles. The average Bonchev–Trinajstić information content (AvgIpc) is 2.45. The van der Waals surface area contributed by atoms with Gasteiger partial charge in [-0.3, -0.25) is 19.1 Å². The van der Waals surface area contributed by atoms with Crippen molar-refractivity contribution in [2.45, 2.75) is 26.4 Å². The third-order valence-corrected chi connectivity index (χ3v) is 3.06. The minimum absolute atomic E-state index is 0.0702. The Labute approximate surface area is 121 Å². The number of carbonyl (C=O) groups is 1. The molecule has 0 spiro atoms. The molecular weight excluding hydrogens is 270 g/mol. The Balaban J connectivity index is 2.21. The molecule has 21 heavy (non-hydrogen) atoms. The van der Waals surface area contributed by atoms with Crippen molar-refractivity contribution in [3.05, 3.63) is 68.5 Å². The van der Waals surface area contributed by atoms with Crippen molar-refractivity contribution < 1.29 is 4.79 Å². The van der Waals surface area contributed by atoms with Crippen molar-refractivity contribution in [2.24, 2.45) is 0 Å². The highest BCUT2D eigenvalue weighted by molar-refractivity contribution is 5.93. The lowest BCUT2D eigenvalue weighted by molar-refractivity contribution is 0.0948. The summed E-state index contributed by atoms with van der Waals surface area (Å²) in [6.07, 6.45) is 1.30. The Morgan fingerprint density at radius 2 is 1.90 bits per heavy atom. The van der Waals surface area contributed by atoms with Gasteiger partial charge in [0.15, 0.2) is 0 Å². The fourth-order valence-electron chi connectivity index (χ4n) is 1.90. The minimum atomic E-state index is -0.678. The van der Waals surface area contributed by atoms with E-state index in [0.29, 0.717) is 6.54 Å². The normalized spacial score (nSPS) is 10.6. The quantitative estimate of drug-likeness (QED) is 0.881. The molecule has 0 aliphatic carbocycles. The van der Waals surface area contributed by atoms with E-state index in [4.69, 9.17) is 0 Å². The zero-order chi connectivity index (χ0) is 15.4. The van der Waals surface area contributed by atoms with Crippen molar-refractivity contribution in [3.8, 4) is 0 Å². The van der Waals surface area contributed by atoms with Crippen LogP contribution in [-0.2, 0) is 6.54 Å². The second kappa shape index (κ2) is 6.21. The SMILES string of the molecule is CC(C)n1cc(C(=O)NCc2ccccc2)c(=O)[nH]c1=O. The molecule has 2 rings (SSSR count). The Bertz CT molecular complexity index is 745. The van der Waals surface area contributed by atoms with Crippen molar-refractivity contribution in [1.29, 1.82) is 0 Å². The van der Waals surface area contributed by atoms with Gasteiger partial charge >= 0.3 is 5.69 Å². The van der Waals surface area contributed by atoms with Crippen LogP contribution >= 0.6 is 0 Å². The van der Waals surface area contributed by atoms with E-state index in [2.05, 4.69) is 10.3 Å². The van der Waals surface area contributed by atoms with Crippen LogP contribution in [-0.4, -0.2) is 15.5 Å². The molecule has 1 amide bonds. The van der Waals surface area contributed by atoms with Gasteiger partial charge in [0.25, 0.3) is 11.5 Å². The number of carbonyl (C=O) groups excluding carboxylic acids is 1. The van der Waals surface area contributed by atoms with Crippen LogP contribution in [0.2, 0.25) is 0 Å². The summed E-state index contributed by atoms with van der Waals surface area (Å²) >= 11 is 0. The van der Waals surface area contributed by atoms with Gasteiger partial charge in [0, 0.05) is 18.8 Å². The van der Waals surface area contributed by atoms with Gasteiger partial charge < -0.3 is 5.32 Å². The van der Waals surface area contributed by atoms with Gasteiger partial charge in [-0.05, 0) is 19.4 Å². The molecule has 6 nitrogen and oxygen atoms in total. The lowest BCUT2D eigenvalue weighted by atomic mass is 10.2. The Hall–Kier alpha value is -2.63. The van der Waals surface area contributed by atoms with Crippen LogP contribution in [0.3, 0.4) is 0 Å². The number of benzene rings is 1. The number of hydrogen-bond donors (Lipinski definition) is 2. The fraction of sp³-hybridized carbons (Fsp3) is 0.267. The first kappa shape index (κ1) is 14.8. The van der Waals surface area contributed by atoms with Gasteiger partial charge in [-0.25, -0.2) is 4.79 Å². The summed E-state index contributed by atoms with van der Waals surface area (Å²) in [5, 5.41) is 2.67. The van der Waals surface area contributed by atoms with Crippen LogP contribution in [0.5, 0.6) is 0 Å². The van der Waals surface area contributed by atoms with Crippen LogP contribution in [0.1, 0.15) is 35.8 Å². The molecule has 2 N–H and O–H groups in total. The molecule has 0 saturated carbocycles. The molecule has 2 aromatic rings. The molecule has 0 bridgehead atoms. The molecule has 6 heteroatoms. The summed E-state index contributed by atoms with van der Waals surface area (Å²) in [5.41, 5.74) is -0.337. The van der Waals surface area contributed by atoms with E-state index in [-0.39, 0.29) is 11.6 Å². The van der Waals surface area contributed by atoms with Gasteiger partial charge in [0.05, 0.1) is 0 Å². The lowest BCUT2D eigenvalue weighted by Gasteiger charge is -2.11. The van der Waals surface area contributed by atoms with Crippen LogP contribution < -0.4 is 16.6 Å². The molecular formula is C15H17N3O3. The molecule has 0 atom stereocenters. The van der Waals surface area contributed by atoms with E-state index in [9.17, 15) is 14.4 Å². The topological polar surface area (TPSA) is 84.0 Å². The Morgan fingerprint density at radius 3 is 2.52 bits per heavy atom. The fourth-order valence-corrected chi connectivity index (χ4v) is 1.90. The summed E-state index contributed by atoms with van der Waals surface area (Å²) in [5.74, 6) is -0.505. The highest BCUT2D eigenvalue weighted by Crippen LogP contribution is 2.01. The zero-order valence-electron chi connectivity index (χ0n) is 11.9. The van der Waals surface area contributed by atoms with Crippen molar-refractivity contribution in [1.82, 2.24) is 14.9 Å². The maximum atomic E-state index is 12.1. The second-order valence-corrected chi connectivity index (χ2v) is 4.97. The van der Waals surface area contributed by atoms with Crippen LogP contribution in [0, 0.1) is 0 Å². The molecule has 0 aliphatic heterocycles.